The lowest BCUT2D eigenvalue weighted by molar-refractivity contribution is -0.110. The Morgan fingerprint density at radius 1 is 1.41 bits per heavy atom. The highest BCUT2D eigenvalue weighted by Gasteiger charge is 2.27. The van der Waals surface area contributed by atoms with Crippen molar-refractivity contribution in [2.45, 2.75) is 18.2 Å². The zero-order chi connectivity index (χ0) is 19.4. The number of allylic oxidation sites excluding steroid dienone is 2. The van der Waals surface area contributed by atoms with Crippen LogP contribution in [0.4, 0.5) is 5.13 Å². The molecule has 142 valence electrons. The number of thiazole rings is 1. The van der Waals surface area contributed by atoms with E-state index in [1.165, 1.54) is 11.3 Å². The van der Waals surface area contributed by atoms with Gasteiger partial charge in [-0.25, -0.2) is 4.98 Å². The molecule has 0 spiro atoms. The van der Waals surface area contributed by atoms with Crippen LogP contribution in [0.5, 0.6) is 0 Å². The molecule has 3 rings (SSSR count). The molecule has 0 aliphatic heterocycles. The smallest absolute Gasteiger partial charge is 0.280 e. The molecule has 0 unspecified atom stereocenters. The van der Waals surface area contributed by atoms with Gasteiger partial charge in [-0.2, -0.15) is 0 Å². The minimum atomic E-state index is -2.93. The minimum Gasteiger partial charge on any atom is -0.391 e. The topological polar surface area (TPSA) is 104 Å². The number of carbonyl (C=O) groups excluding carboxylic acids is 1. The van der Waals surface area contributed by atoms with Crippen molar-refractivity contribution < 1.29 is 18.7 Å². The largest absolute Gasteiger partial charge is 0.391 e. The Hall–Kier alpha value is -2.46. The van der Waals surface area contributed by atoms with Crippen LogP contribution >= 0.6 is 21.9 Å². The maximum absolute atomic E-state index is 12.6. The second-order valence-corrected chi connectivity index (χ2v) is 8.90. The average Bonchev–Trinajstić information content (AvgIpc) is 3.38. The Kier molecular flexibility index (Phi) is 5.76. The minimum absolute atomic E-state index is 0.0557. The van der Waals surface area contributed by atoms with E-state index in [0.717, 1.165) is 5.57 Å². The van der Waals surface area contributed by atoms with Crippen LogP contribution in [-0.2, 0) is 9.63 Å². The fourth-order valence-electron chi connectivity index (χ4n) is 2.10. The molecule has 1 aromatic carbocycles. The lowest BCUT2D eigenvalue weighted by Gasteiger charge is -2.30. The summed E-state index contributed by atoms with van der Waals surface area (Å²) in [5, 5.41) is 8.80. The van der Waals surface area contributed by atoms with E-state index >= 15 is 0 Å². The number of rotatable bonds is 8. The highest BCUT2D eigenvalue weighted by molar-refractivity contribution is 8.27. The predicted octanol–water partition coefficient (Wildman–Crippen LogP) is 4.48. The molecule has 1 aliphatic rings. The number of nitrogens with zero attached hydrogens (tertiary/aromatic N) is 2. The second-order valence-electron chi connectivity index (χ2n) is 5.91. The quantitative estimate of drug-likeness (QED) is 0.341. The zero-order valence-corrected chi connectivity index (χ0v) is 16.2. The number of benzene rings is 1. The van der Waals surface area contributed by atoms with Gasteiger partial charge >= 0.3 is 0 Å². The summed E-state index contributed by atoms with van der Waals surface area (Å²) in [7, 11) is -2.93. The molecule has 2 aromatic rings. The first-order valence-corrected chi connectivity index (χ1v) is 10.4. The number of oxime groups is 1. The van der Waals surface area contributed by atoms with Crippen molar-refractivity contribution in [3.63, 3.8) is 0 Å². The van der Waals surface area contributed by atoms with Gasteiger partial charge in [0, 0.05) is 28.5 Å². The third-order valence-corrected chi connectivity index (χ3v) is 6.21. The standard InChI is InChI=1S/C18H19N3O4S2/c1-12(2)11-25-21-16(17(22)20-18-19-9-10-26-18)13-3-5-14(6-4-13)27(23,24)15-7-8-15/h3-7,9-10,23-24H,1,8,11H2,2H3,(H,19,20,22). The molecule has 3 N–H and O–H groups in total. The first-order valence-electron chi connectivity index (χ1n) is 8.01. The van der Waals surface area contributed by atoms with Crippen LogP contribution in [0.1, 0.15) is 18.9 Å². The van der Waals surface area contributed by atoms with Gasteiger partial charge in [0.15, 0.2) is 10.8 Å². The summed E-state index contributed by atoms with van der Waals surface area (Å²) >= 11 is 1.29. The van der Waals surface area contributed by atoms with Crippen molar-refractivity contribution in [3.8, 4) is 0 Å². The molecule has 7 nitrogen and oxygen atoms in total. The Balaban J connectivity index is 1.84. The number of hydrogen-bond acceptors (Lipinski definition) is 7. The van der Waals surface area contributed by atoms with Crippen molar-refractivity contribution in [3.05, 3.63) is 64.5 Å². The van der Waals surface area contributed by atoms with E-state index in [1.54, 1.807) is 48.8 Å². The fourth-order valence-corrected chi connectivity index (χ4v) is 3.99. The van der Waals surface area contributed by atoms with Gasteiger partial charge in [-0.1, -0.05) is 29.9 Å². The third-order valence-electron chi connectivity index (χ3n) is 3.53. The van der Waals surface area contributed by atoms with E-state index in [2.05, 4.69) is 22.0 Å². The normalized spacial score (nSPS) is 14.3. The van der Waals surface area contributed by atoms with Gasteiger partial charge in [0.1, 0.15) is 6.61 Å². The molecule has 1 aliphatic carbocycles. The van der Waals surface area contributed by atoms with Gasteiger partial charge in [-0.05, 0) is 24.6 Å². The molecular formula is C18H19N3O4S2. The SMILES string of the molecule is C=C(C)CON=C(C(=O)Nc1nccs1)c1ccc(S(O)(O)C2=CC2)cc1. The van der Waals surface area contributed by atoms with E-state index in [9.17, 15) is 13.9 Å². The van der Waals surface area contributed by atoms with Gasteiger partial charge in [0.05, 0.1) is 4.90 Å². The highest BCUT2D eigenvalue weighted by Crippen LogP contribution is 2.61. The van der Waals surface area contributed by atoms with Gasteiger partial charge in [0.2, 0.25) is 0 Å². The summed E-state index contributed by atoms with van der Waals surface area (Å²) in [6, 6.07) is 6.37. The maximum atomic E-state index is 12.6. The lowest BCUT2D eigenvalue weighted by Crippen LogP contribution is -2.24. The Morgan fingerprint density at radius 2 is 2.11 bits per heavy atom. The summed E-state index contributed by atoms with van der Waals surface area (Å²) < 4.78 is 20.5. The van der Waals surface area contributed by atoms with Gasteiger partial charge in [-0.15, -0.1) is 21.9 Å². The summed E-state index contributed by atoms with van der Waals surface area (Å²) in [4.78, 5) is 22.9. The molecule has 0 saturated heterocycles. The average molecular weight is 406 g/mol. The monoisotopic (exact) mass is 405 g/mol. The molecular weight excluding hydrogens is 386 g/mol. The van der Waals surface area contributed by atoms with Gasteiger partial charge < -0.3 is 4.84 Å². The molecule has 0 fully saturated rings. The summed E-state index contributed by atoms with van der Waals surface area (Å²) in [5.41, 5.74) is 1.30. The Labute approximate surface area is 162 Å². The fraction of sp³-hybridized carbons (Fsp3) is 0.167. The number of carbonyl (C=O) groups is 1. The van der Waals surface area contributed by atoms with Crippen molar-refractivity contribution >= 4 is 38.7 Å². The first kappa shape index (κ1) is 19.3. The van der Waals surface area contributed by atoms with E-state index < -0.39 is 16.5 Å². The molecule has 1 heterocycles. The number of nitrogens with one attached hydrogen (secondary N) is 1. The molecule has 0 bridgehead atoms. The summed E-state index contributed by atoms with van der Waals surface area (Å²) in [6.45, 7) is 5.70. The maximum Gasteiger partial charge on any atom is 0.280 e. The van der Waals surface area contributed by atoms with Crippen LogP contribution in [0, 0.1) is 0 Å². The zero-order valence-electron chi connectivity index (χ0n) is 14.6. The molecule has 0 radical (unpaired) electrons. The van der Waals surface area contributed by atoms with Crippen LogP contribution in [0.2, 0.25) is 0 Å². The van der Waals surface area contributed by atoms with Crippen LogP contribution in [0.15, 0.2) is 69.0 Å². The molecule has 0 saturated carbocycles. The number of hydrogen-bond donors (Lipinski definition) is 3. The Bertz CT molecular complexity index is 903. The highest BCUT2D eigenvalue weighted by atomic mass is 32.3. The van der Waals surface area contributed by atoms with E-state index in [1.807, 2.05) is 0 Å². The van der Waals surface area contributed by atoms with Crippen LogP contribution < -0.4 is 5.32 Å². The van der Waals surface area contributed by atoms with Crippen LogP contribution in [0.25, 0.3) is 0 Å². The summed E-state index contributed by atoms with van der Waals surface area (Å²) in [5.74, 6) is -0.476. The third kappa shape index (κ3) is 4.83. The van der Waals surface area contributed by atoms with Crippen molar-refractivity contribution in [1.82, 2.24) is 4.98 Å². The van der Waals surface area contributed by atoms with Gasteiger partial charge in [-0.3, -0.25) is 19.2 Å². The number of aromatic nitrogens is 1. The summed E-state index contributed by atoms with van der Waals surface area (Å²) in [6.07, 6.45) is 3.98. The molecule has 1 aromatic heterocycles. The molecule has 27 heavy (non-hydrogen) atoms. The van der Waals surface area contributed by atoms with E-state index in [-0.39, 0.29) is 12.3 Å². The molecule has 0 atom stereocenters. The van der Waals surface area contributed by atoms with Crippen molar-refractivity contribution in [2.24, 2.45) is 5.16 Å². The number of anilines is 1. The van der Waals surface area contributed by atoms with Crippen molar-refractivity contribution in [2.75, 3.05) is 11.9 Å². The predicted molar refractivity (Wildman–Crippen MR) is 108 cm³/mol. The van der Waals surface area contributed by atoms with Gasteiger partial charge in [0.25, 0.3) is 5.91 Å². The van der Waals surface area contributed by atoms with Crippen LogP contribution in [-0.4, -0.2) is 32.3 Å². The van der Waals surface area contributed by atoms with E-state index in [0.29, 0.717) is 26.9 Å². The molecule has 9 heteroatoms. The van der Waals surface area contributed by atoms with E-state index in [4.69, 9.17) is 4.84 Å². The second kappa shape index (κ2) is 8.05. The molecule has 1 amide bonds. The van der Waals surface area contributed by atoms with Crippen molar-refractivity contribution in [1.29, 1.82) is 0 Å². The van der Waals surface area contributed by atoms with Crippen LogP contribution in [0.3, 0.4) is 0 Å². The lowest BCUT2D eigenvalue weighted by atomic mass is 10.1. The Morgan fingerprint density at radius 3 is 2.67 bits per heavy atom. The first-order chi connectivity index (χ1) is 12.9. The number of amides is 1.